The molecular formula is C47H27N3O. The fourth-order valence-electron chi connectivity index (χ4n) is 7.95. The van der Waals surface area contributed by atoms with E-state index in [2.05, 4.69) is 133 Å². The Labute approximate surface area is 293 Å². The van der Waals surface area contributed by atoms with Crippen molar-refractivity contribution in [2.24, 2.45) is 0 Å². The summed E-state index contributed by atoms with van der Waals surface area (Å²) in [5.41, 5.74) is 11.5. The molecule has 0 bridgehead atoms. The molecule has 0 spiro atoms. The first-order valence-corrected chi connectivity index (χ1v) is 17.2. The minimum absolute atomic E-state index is 0.600. The van der Waals surface area contributed by atoms with Crippen LogP contribution in [-0.2, 0) is 0 Å². The van der Waals surface area contributed by atoms with Crippen molar-refractivity contribution in [2.45, 2.75) is 0 Å². The van der Waals surface area contributed by atoms with Gasteiger partial charge in [0.05, 0.1) is 0 Å². The maximum absolute atomic E-state index is 6.56. The molecule has 0 saturated carbocycles. The maximum Gasteiger partial charge on any atom is 0.164 e. The summed E-state index contributed by atoms with van der Waals surface area (Å²) in [7, 11) is 0. The molecule has 0 aliphatic heterocycles. The van der Waals surface area contributed by atoms with Crippen molar-refractivity contribution in [2.75, 3.05) is 0 Å². The third-order valence-corrected chi connectivity index (χ3v) is 10.2. The van der Waals surface area contributed by atoms with Crippen LogP contribution in [0.2, 0.25) is 0 Å². The molecule has 8 aromatic carbocycles. The number of furan rings is 1. The lowest BCUT2D eigenvalue weighted by molar-refractivity contribution is 0.669. The van der Waals surface area contributed by atoms with Crippen LogP contribution in [0.1, 0.15) is 0 Å². The molecule has 11 rings (SSSR count). The molecule has 51 heavy (non-hydrogen) atoms. The Kier molecular flexibility index (Phi) is 5.92. The van der Waals surface area contributed by atoms with Crippen molar-refractivity contribution in [3.63, 3.8) is 0 Å². The van der Waals surface area contributed by atoms with Crippen LogP contribution in [0.15, 0.2) is 168 Å². The Hall–Kier alpha value is -6.91. The highest BCUT2D eigenvalue weighted by molar-refractivity contribution is 6.17. The first-order chi connectivity index (χ1) is 25.3. The molecule has 0 unspecified atom stereocenters. The van der Waals surface area contributed by atoms with Crippen LogP contribution in [0, 0.1) is 0 Å². The smallest absolute Gasteiger partial charge is 0.164 e. The third kappa shape index (κ3) is 4.30. The zero-order valence-electron chi connectivity index (χ0n) is 27.3. The summed E-state index contributed by atoms with van der Waals surface area (Å²) in [6.45, 7) is 0. The number of hydrogen-bond donors (Lipinski definition) is 0. The van der Waals surface area contributed by atoms with Gasteiger partial charge in [-0.2, -0.15) is 0 Å². The number of hydrogen-bond acceptors (Lipinski definition) is 4. The normalized spacial score (nSPS) is 11.9. The standard InChI is InChI=1S/C47H27N3O/c1-2-13-29(14-3-1)45-48-46(32-24-30-16-11-22-37-35-18-6-7-19-36(35)39(26-32)43(30)37)50-47(49-45)40-25-31(34-21-10-15-28-12-4-5-17-33(28)34)27-42-44(40)38-20-8-9-23-41(38)51-42/h1-27H. The second kappa shape index (κ2) is 10.8. The van der Waals surface area contributed by atoms with Crippen molar-refractivity contribution in [3.05, 3.63) is 164 Å². The van der Waals surface area contributed by atoms with Crippen molar-refractivity contribution in [3.8, 4) is 67.5 Å². The van der Waals surface area contributed by atoms with Gasteiger partial charge in [0.15, 0.2) is 17.5 Å². The zero-order valence-corrected chi connectivity index (χ0v) is 27.3. The molecule has 2 aromatic heterocycles. The van der Waals surface area contributed by atoms with E-state index >= 15 is 0 Å². The van der Waals surface area contributed by atoms with Crippen molar-refractivity contribution >= 4 is 43.5 Å². The molecule has 0 saturated heterocycles. The summed E-state index contributed by atoms with van der Waals surface area (Å²) in [5, 5.41) is 6.82. The molecule has 4 heteroatoms. The van der Waals surface area contributed by atoms with Gasteiger partial charge in [-0.25, -0.2) is 15.0 Å². The molecule has 0 N–H and O–H groups in total. The van der Waals surface area contributed by atoms with Gasteiger partial charge in [0.25, 0.3) is 0 Å². The van der Waals surface area contributed by atoms with Gasteiger partial charge in [-0.1, -0.05) is 133 Å². The van der Waals surface area contributed by atoms with E-state index in [-0.39, 0.29) is 0 Å². The Morgan fingerprint density at radius 1 is 0.314 bits per heavy atom. The zero-order chi connectivity index (χ0) is 33.5. The van der Waals surface area contributed by atoms with Crippen LogP contribution in [0.25, 0.3) is 111 Å². The minimum Gasteiger partial charge on any atom is -0.456 e. The summed E-state index contributed by atoms with van der Waals surface area (Å²) >= 11 is 0. The number of aromatic nitrogens is 3. The second-order valence-corrected chi connectivity index (χ2v) is 13.2. The van der Waals surface area contributed by atoms with E-state index in [9.17, 15) is 0 Å². The highest BCUT2D eigenvalue weighted by Gasteiger charge is 2.24. The molecule has 236 valence electrons. The van der Waals surface area contributed by atoms with E-state index in [1.54, 1.807) is 0 Å². The number of rotatable bonds is 4. The van der Waals surface area contributed by atoms with Gasteiger partial charge in [-0.3, -0.25) is 0 Å². The van der Waals surface area contributed by atoms with Gasteiger partial charge in [-0.15, -0.1) is 0 Å². The molecule has 1 aliphatic carbocycles. The third-order valence-electron chi connectivity index (χ3n) is 10.2. The van der Waals surface area contributed by atoms with Crippen molar-refractivity contribution in [1.29, 1.82) is 0 Å². The summed E-state index contributed by atoms with van der Waals surface area (Å²) in [5.74, 6) is 1.85. The highest BCUT2D eigenvalue weighted by Crippen LogP contribution is 2.48. The fourth-order valence-corrected chi connectivity index (χ4v) is 7.95. The van der Waals surface area contributed by atoms with Gasteiger partial charge >= 0.3 is 0 Å². The minimum atomic E-state index is 0.600. The van der Waals surface area contributed by atoms with Gasteiger partial charge in [0, 0.05) is 27.5 Å². The average Bonchev–Trinajstić information content (AvgIpc) is 3.74. The Morgan fingerprint density at radius 2 is 0.922 bits per heavy atom. The molecular weight excluding hydrogens is 623 g/mol. The van der Waals surface area contributed by atoms with Gasteiger partial charge in [0.1, 0.15) is 11.2 Å². The van der Waals surface area contributed by atoms with Gasteiger partial charge in [-0.05, 0) is 85.3 Å². The molecule has 0 fully saturated rings. The predicted octanol–water partition coefficient (Wildman–Crippen LogP) is 12.4. The summed E-state index contributed by atoms with van der Waals surface area (Å²) in [6.07, 6.45) is 0. The molecule has 0 atom stereocenters. The summed E-state index contributed by atoms with van der Waals surface area (Å²) in [6, 6.07) is 57.4. The molecule has 10 aromatic rings. The first-order valence-electron chi connectivity index (χ1n) is 17.2. The molecule has 2 heterocycles. The predicted molar refractivity (Wildman–Crippen MR) is 208 cm³/mol. The lowest BCUT2D eigenvalue weighted by Gasteiger charge is -2.13. The second-order valence-electron chi connectivity index (χ2n) is 13.2. The molecule has 0 radical (unpaired) electrons. The summed E-state index contributed by atoms with van der Waals surface area (Å²) < 4.78 is 6.56. The van der Waals surface area contributed by atoms with Crippen LogP contribution in [0.3, 0.4) is 0 Å². The van der Waals surface area contributed by atoms with Crippen LogP contribution < -0.4 is 0 Å². The van der Waals surface area contributed by atoms with E-state index in [1.807, 2.05) is 30.3 Å². The number of nitrogens with zero attached hydrogens (tertiary/aromatic N) is 3. The number of para-hydroxylation sites is 1. The lowest BCUT2D eigenvalue weighted by Crippen LogP contribution is -2.01. The lowest BCUT2D eigenvalue weighted by atomic mass is 9.94. The van der Waals surface area contributed by atoms with Gasteiger partial charge < -0.3 is 4.42 Å². The van der Waals surface area contributed by atoms with E-state index in [1.165, 1.54) is 43.8 Å². The molecule has 0 amide bonds. The van der Waals surface area contributed by atoms with Crippen molar-refractivity contribution in [1.82, 2.24) is 15.0 Å². The van der Waals surface area contributed by atoms with Crippen LogP contribution in [-0.4, -0.2) is 15.0 Å². The van der Waals surface area contributed by atoms with Gasteiger partial charge in [0.2, 0.25) is 0 Å². The summed E-state index contributed by atoms with van der Waals surface area (Å²) in [4.78, 5) is 15.7. The van der Waals surface area contributed by atoms with E-state index in [0.29, 0.717) is 17.5 Å². The van der Waals surface area contributed by atoms with Crippen LogP contribution in [0.4, 0.5) is 0 Å². The highest BCUT2D eigenvalue weighted by atomic mass is 16.3. The topological polar surface area (TPSA) is 51.8 Å². The van der Waals surface area contributed by atoms with E-state index < -0.39 is 0 Å². The maximum atomic E-state index is 6.56. The van der Waals surface area contributed by atoms with Crippen LogP contribution in [0.5, 0.6) is 0 Å². The monoisotopic (exact) mass is 649 g/mol. The fraction of sp³-hybridized carbons (Fsp3) is 0. The van der Waals surface area contributed by atoms with E-state index in [4.69, 9.17) is 19.4 Å². The Balaban J connectivity index is 1.21. The number of benzene rings is 8. The quantitative estimate of drug-likeness (QED) is 0.190. The average molecular weight is 650 g/mol. The molecule has 1 aliphatic rings. The largest absolute Gasteiger partial charge is 0.456 e. The SMILES string of the molecule is c1ccc(-c2nc(-c3cc4c5c(cccc5c3)-c3ccccc3-4)nc(-c3cc(-c4cccc5ccccc45)cc4oc5ccccc5c34)n2)cc1. The van der Waals surface area contributed by atoms with E-state index in [0.717, 1.165) is 49.8 Å². The first kappa shape index (κ1) is 28.0. The Morgan fingerprint density at radius 3 is 1.78 bits per heavy atom. The Bertz CT molecular complexity index is 3030. The van der Waals surface area contributed by atoms with Crippen molar-refractivity contribution < 1.29 is 4.42 Å². The van der Waals surface area contributed by atoms with Crippen LogP contribution >= 0.6 is 0 Å². The molecule has 4 nitrogen and oxygen atoms in total. The number of fused-ring (bicyclic) bond motifs is 7.